The molecule has 0 amide bonds. The Morgan fingerprint density at radius 3 is 2.20 bits per heavy atom. The third-order valence-electron chi connectivity index (χ3n) is 0.917. The molecule has 0 unspecified atom stereocenters. The molecule has 2 N–H and O–H groups in total. The number of carbonyl (C=O) groups is 2. The highest BCUT2D eigenvalue weighted by Gasteiger charge is 2.12. The molecule has 0 spiro atoms. The van der Waals surface area contributed by atoms with E-state index >= 15 is 0 Å². The summed E-state index contributed by atoms with van der Waals surface area (Å²) >= 11 is 3.64. The highest BCUT2D eigenvalue weighted by atomic mass is 32.1. The Kier molecular flexibility index (Phi) is 3.87. The summed E-state index contributed by atoms with van der Waals surface area (Å²) in [6, 6.07) is 0. The second-order valence-corrected chi connectivity index (χ2v) is 2.41. The number of aliphatic carboxylic acids is 2. The number of hydrogen-bond donors (Lipinski definition) is 3. The van der Waals surface area contributed by atoms with Gasteiger partial charge in [-0.05, 0) is 6.42 Å². The Bertz CT molecular complexity index is 145. The van der Waals surface area contributed by atoms with Crippen LogP contribution in [-0.4, -0.2) is 27.4 Å². The van der Waals surface area contributed by atoms with Gasteiger partial charge in [0, 0.05) is 6.42 Å². The minimum atomic E-state index is -1.08. The lowest BCUT2D eigenvalue weighted by atomic mass is 10.2. The van der Waals surface area contributed by atoms with Crippen molar-refractivity contribution in [3.8, 4) is 0 Å². The van der Waals surface area contributed by atoms with E-state index in [1.807, 2.05) is 0 Å². The van der Waals surface area contributed by atoms with Crippen LogP contribution < -0.4 is 0 Å². The molecule has 0 aliphatic rings. The van der Waals surface area contributed by atoms with Crippen LogP contribution in [-0.2, 0) is 9.59 Å². The van der Waals surface area contributed by atoms with Crippen LogP contribution in [0.5, 0.6) is 0 Å². The van der Waals surface area contributed by atoms with Crippen LogP contribution in [0.1, 0.15) is 12.8 Å². The molecule has 0 fully saturated rings. The van der Waals surface area contributed by atoms with Gasteiger partial charge in [-0.25, -0.2) is 0 Å². The van der Waals surface area contributed by atoms with E-state index in [0.29, 0.717) is 0 Å². The zero-order valence-corrected chi connectivity index (χ0v) is 6.04. The summed E-state index contributed by atoms with van der Waals surface area (Å²) in [5.74, 6) is -2.08. The first-order chi connectivity index (χ1) is 4.54. The lowest BCUT2D eigenvalue weighted by molar-refractivity contribution is -0.138. The minimum Gasteiger partial charge on any atom is -0.481 e. The highest BCUT2D eigenvalue weighted by Crippen LogP contribution is 2.03. The molecule has 5 heteroatoms. The van der Waals surface area contributed by atoms with Gasteiger partial charge in [-0.15, -0.1) is 0 Å². The maximum atomic E-state index is 10.0. The van der Waals surface area contributed by atoms with Crippen LogP contribution in [0.25, 0.3) is 0 Å². The standard InChI is InChI=1S/C5H8O4S/c6-4(7)2-1-3(10)5(8)9/h3,10H,1-2H2,(H,6,7)(H,8,9)/t3-/m0/s1. The number of carboxylic acids is 2. The number of hydrogen-bond acceptors (Lipinski definition) is 3. The maximum Gasteiger partial charge on any atom is 0.316 e. The minimum absolute atomic E-state index is 0.0633. The van der Waals surface area contributed by atoms with Crippen LogP contribution in [0.3, 0.4) is 0 Å². The highest BCUT2D eigenvalue weighted by molar-refractivity contribution is 7.81. The summed E-state index contributed by atoms with van der Waals surface area (Å²) in [4.78, 5) is 19.9. The van der Waals surface area contributed by atoms with Gasteiger partial charge in [0.1, 0.15) is 0 Å². The van der Waals surface area contributed by atoms with E-state index in [1.165, 1.54) is 0 Å². The normalized spacial score (nSPS) is 12.5. The summed E-state index contributed by atoms with van der Waals surface area (Å²) in [6.07, 6.45) is -0.0890. The lowest BCUT2D eigenvalue weighted by Crippen LogP contribution is -2.14. The van der Waals surface area contributed by atoms with Crippen molar-refractivity contribution >= 4 is 24.6 Å². The second kappa shape index (κ2) is 4.16. The van der Waals surface area contributed by atoms with Gasteiger partial charge in [-0.2, -0.15) is 12.6 Å². The molecule has 4 nitrogen and oxygen atoms in total. The Balaban J connectivity index is 3.49. The van der Waals surface area contributed by atoms with Gasteiger partial charge in [-0.3, -0.25) is 9.59 Å². The van der Waals surface area contributed by atoms with E-state index in [4.69, 9.17) is 10.2 Å². The third kappa shape index (κ3) is 4.20. The van der Waals surface area contributed by atoms with E-state index in [1.54, 1.807) is 0 Å². The molecule has 0 saturated carbocycles. The quantitative estimate of drug-likeness (QED) is 0.520. The Morgan fingerprint density at radius 1 is 1.40 bits per heavy atom. The fourth-order valence-corrected chi connectivity index (χ4v) is 0.513. The monoisotopic (exact) mass is 164 g/mol. The fraction of sp³-hybridized carbons (Fsp3) is 0.600. The summed E-state index contributed by atoms with van der Waals surface area (Å²) in [7, 11) is 0. The molecule has 58 valence electrons. The zero-order valence-electron chi connectivity index (χ0n) is 5.15. The fourth-order valence-electron chi connectivity index (χ4n) is 0.384. The average molecular weight is 164 g/mol. The molecule has 0 aliphatic heterocycles. The molecule has 0 saturated heterocycles. The van der Waals surface area contributed by atoms with Crippen molar-refractivity contribution in [3.63, 3.8) is 0 Å². The SMILES string of the molecule is O=C(O)CC[C@H](S)C(=O)O. The summed E-state index contributed by atoms with van der Waals surface area (Å²) < 4.78 is 0. The number of rotatable bonds is 4. The van der Waals surface area contributed by atoms with E-state index in [0.717, 1.165) is 0 Å². The van der Waals surface area contributed by atoms with Crippen LogP contribution >= 0.6 is 12.6 Å². The number of carboxylic acid groups (broad SMARTS) is 2. The summed E-state index contributed by atoms with van der Waals surface area (Å²) in [5.41, 5.74) is 0. The van der Waals surface area contributed by atoms with Crippen molar-refractivity contribution < 1.29 is 19.8 Å². The third-order valence-corrected chi connectivity index (χ3v) is 1.40. The van der Waals surface area contributed by atoms with Gasteiger partial charge in [0.05, 0.1) is 5.25 Å². The molecule has 0 aliphatic carbocycles. The first-order valence-electron chi connectivity index (χ1n) is 2.66. The maximum absolute atomic E-state index is 10.0. The molecular formula is C5H8O4S. The van der Waals surface area contributed by atoms with Crippen LogP contribution in [0.2, 0.25) is 0 Å². The van der Waals surface area contributed by atoms with E-state index in [9.17, 15) is 9.59 Å². The largest absolute Gasteiger partial charge is 0.481 e. The number of thiol groups is 1. The predicted molar refractivity (Wildman–Crippen MR) is 37.3 cm³/mol. The van der Waals surface area contributed by atoms with Crippen LogP contribution in [0.4, 0.5) is 0 Å². The molecule has 0 aromatic carbocycles. The van der Waals surface area contributed by atoms with Gasteiger partial charge < -0.3 is 10.2 Å². The molecule has 0 rings (SSSR count). The summed E-state index contributed by atoms with van der Waals surface area (Å²) in [5, 5.41) is 15.5. The van der Waals surface area contributed by atoms with Crippen molar-refractivity contribution in [2.45, 2.75) is 18.1 Å². The first-order valence-corrected chi connectivity index (χ1v) is 3.18. The van der Waals surface area contributed by atoms with Gasteiger partial charge >= 0.3 is 11.9 Å². The molecule has 0 aromatic rings. The van der Waals surface area contributed by atoms with Crippen molar-refractivity contribution in [2.75, 3.05) is 0 Å². The van der Waals surface area contributed by atoms with Gasteiger partial charge in [-0.1, -0.05) is 0 Å². The Labute approximate surface area is 63.3 Å². The smallest absolute Gasteiger partial charge is 0.316 e. The molecule has 10 heavy (non-hydrogen) atoms. The van der Waals surface area contributed by atoms with Crippen molar-refractivity contribution in [3.05, 3.63) is 0 Å². The van der Waals surface area contributed by atoms with Crippen LogP contribution in [0, 0.1) is 0 Å². The molecule has 0 aromatic heterocycles. The average Bonchev–Trinajstić information content (AvgIpc) is 1.82. The topological polar surface area (TPSA) is 74.6 Å². The van der Waals surface area contributed by atoms with E-state index < -0.39 is 17.2 Å². The molecule has 0 radical (unpaired) electrons. The van der Waals surface area contributed by atoms with Gasteiger partial charge in [0.2, 0.25) is 0 Å². The first kappa shape index (κ1) is 9.29. The Morgan fingerprint density at radius 2 is 1.90 bits per heavy atom. The molecule has 0 bridgehead atoms. The van der Waals surface area contributed by atoms with Crippen molar-refractivity contribution in [2.24, 2.45) is 0 Å². The Hall–Kier alpha value is -0.710. The second-order valence-electron chi connectivity index (χ2n) is 1.79. The molecule has 0 heterocycles. The summed E-state index contributed by atoms with van der Waals surface area (Å²) in [6.45, 7) is 0. The lowest BCUT2D eigenvalue weighted by Gasteiger charge is -2.00. The van der Waals surface area contributed by atoms with E-state index in [-0.39, 0.29) is 12.8 Å². The predicted octanol–water partition coefficient (Wildman–Crippen LogP) is 0.234. The van der Waals surface area contributed by atoms with Gasteiger partial charge in [0.15, 0.2) is 0 Å². The van der Waals surface area contributed by atoms with Crippen molar-refractivity contribution in [1.29, 1.82) is 0 Å². The van der Waals surface area contributed by atoms with Crippen LogP contribution in [0.15, 0.2) is 0 Å². The van der Waals surface area contributed by atoms with Crippen molar-refractivity contribution in [1.82, 2.24) is 0 Å². The van der Waals surface area contributed by atoms with Gasteiger partial charge in [0.25, 0.3) is 0 Å². The molecular weight excluding hydrogens is 156 g/mol. The molecule has 1 atom stereocenters. The van der Waals surface area contributed by atoms with E-state index in [2.05, 4.69) is 12.6 Å². The zero-order chi connectivity index (χ0) is 8.15.